The molecule has 0 amide bonds. The van der Waals surface area contributed by atoms with Crippen LogP contribution in [0.3, 0.4) is 0 Å². The minimum Gasteiger partial charge on any atom is -0.508 e. The van der Waals surface area contributed by atoms with Crippen LogP contribution in [0.5, 0.6) is 28.7 Å². The van der Waals surface area contributed by atoms with Crippen LogP contribution in [0.15, 0.2) is 84.9 Å². The standard InChI is InChI=1S/C22H29NO5.C14H10O4/c1-23(2)22(10-11-28-18-9-7-6-8-17(18)22)15-27-14-16-12-19(24-3)21(26-5)20(13-16)25-4;15-10-7-5-9(6-8-10)13(16)11-3-1-2-4-12(11)14(17)18/h6-9,12-13H,10-11,14-15H2,1-5H3;1-8,15H,(H,17,18). The van der Waals surface area contributed by atoms with Crippen molar-refractivity contribution in [1.82, 2.24) is 4.90 Å². The Balaban J connectivity index is 0.000000230. The number of rotatable bonds is 11. The van der Waals surface area contributed by atoms with Gasteiger partial charge in [-0.25, -0.2) is 4.79 Å². The lowest BCUT2D eigenvalue weighted by Crippen LogP contribution is -2.48. The van der Waals surface area contributed by atoms with E-state index in [-0.39, 0.29) is 28.2 Å². The zero-order chi connectivity index (χ0) is 33.3. The molecule has 0 radical (unpaired) electrons. The number of ether oxygens (including phenoxy) is 5. The van der Waals surface area contributed by atoms with Gasteiger partial charge in [0.25, 0.3) is 0 Å². The summed E-state index contributed by atoms with van der Waals surface area (Å²) in [6.07, 6.45) is 0.867. The number of carboxylic acid groups (broad SMARTS) is 1. The van der Waals surface area contributed by atoms with Crippen molar-refractivity contribution in [2.24, 2.45) is 0 Å². The molecule has 242 valence electrons. The van der Waals surface area contributed by atoms with Gasteiger partial charge in [-0.15, -0.1) is 0 Å². The van der Waals surface area contributed by atoms with Crippen molar-refractivity contribution < 1.29 is 43.5 Å². The molecule has 4 aromatic carbocycles. The number of carbonyl (C=O) groups is 2. The summed E-state index contributed by atoms with van der Waals surface area (Å²) in [4.78, 5) is 25.4. The molecule has 1 unspecified atom stereocenters. The summed E-state index contributed by atoms with van der Waals surface area (Å²) >= 11 is 0. The van der Waals surface area contributed by atoms with E-state index < -0.39 is 5.97 Å². The van der Waals surface area contributed by atoms with E-state index in [1.54, 1.807) is 33.5 Å². The Morgan fingerprint density at radius 2 is 1.46 bits per heavy atom. The second-order valence-electron chi connectivity index (χ2n) is 10.8. The Morgan fingerprint density at radius 1 is 0.848 bits per heavy atom. The topological polar surface area (TPSA) is 124 Å². The van der Waals surface area contributed by atoms with Crippen molar-refractivity contribution in [1.29, 1.82) is 0 Å². The summed E-state index contributed by atoms with van der Waals surface area (Å²) in [5, 5.41) is 18.2. The number of likely N-dealkylation sites (N-methyl/N-ethyl adjacent to an activating group) is 1. The first-order valence-corrected chi connectivity index (χ1v) is 14.6. The van der Waals surface area contributed by atoms with Gasteiger partial charge in [-0.05, 0) is 68.2 Å². The van der Waals surface area contributed by atoms with Crippen LogP contribution in [0.2, 0.25) is 0 Å². The van der Waals surface area contributed by atoms with Gasteiger partial charge in [0.05, 0.1) is 52.3 Å². The third kappa shape index (κ3) is 7.42. The van der Waals surface area contributed by atoms with Crippen LogP contribution in [0, 0.1) is 0 Å². The van der Waals surface area contributed by atoms with E-state index in [2.05, 4.69) is 25.1 Å². The van der Waals surface area contributed by atoms with Crippen molar-refractivity contribution in [2.75, 3.05) is 48.6 Å². The second kappa shape index (κ2) is 15.3. The van der Waals surface area contributed by atoms with Crippen LogP contribution in [-0.4, -0.2) is 75.5 Å². The quantitative estimate of drug-likeness (QED) is 0.197. The van der Waals surface area contributed by atoms with E-state index in [1.165, 1.54) is 36.4 Å². The number of fused-ring (bicyclic) bond motifs is 1. The van der Waals surface area contributed by atoms with E-state index in [0.29, 0.717) is 42.6 Å². The summed E-state index contributed by atoms with van der Waals surface area (Å²) in [5.41, 5.74) is 2.34. The van der Waals surface area contributed by atoms with Gasteiger partial charge in [0, 0.05) is 23.1 Å². The first-order chi connectivity index (χ1) is 22.1. The van der Waals surface area contributed by atoms with Gasteiger partial charge in [-0.3, -0.25) is 9.69 Å². The minimum atomic E-state index is -1.14. The minimum absolute atomic E-state index is 0.0319. The summed E-state index contributed by atoms with van der Waals surface area (Å²) in [7, 11) is 9.00. The second-order valence-corrected chi connectivity index (χ2v) is 10.8. The van der Waals surface area contributed by atoms with Crippen LogP contribution < -0.4 is 18.9 Å². The highest BCUT2D eigenvalue weighted by Crippen LogP contribution is 2.41. The molecule has 1 heterocycles. The largest absolute Gasteiger partial charge is 0.508 e. The molecule has 0 aromatic heterocycles. The van der Waals surface area contributed by atoms with Crippen LogP contribution in [0.25, 0.3) is 0 Å². The van der Waals surface area contributed by atoms with E-state index in [1.807, 2.05) is 30.3 Å². The number of carbonyl (C=O) groups excluding carboxylic acids is 1. The lowest BCUT2D eigenvalue weighted by Gasteiger charge is -2.43. The fraction of sp³-hybridized carbons (Fsp3) is 0.278. The zero-order valence-corrected chi connectivity index (χ0v) is 26.6. The predicted octanol–water partition coefficient (Wildman–Crippen LogP) is 5.79. The molecule has 0 saturated carbocycles. The highest BCUT2D eigenvalue weighted by Gasteiger charge is 2.40. The van der Waals surface area contributed by atoms with E-state index in [9.17, 15) is 9.59 Å². The average molecular weight is 630 g/mol. The number of aromatic carboxylic acids is 1. The van der Waals surface area contributed by atoms with Crippen LogP contribution in [0.1, 0.15) is 43.8 Å². The maximum absolute atomic E-state index is 12.1. The fourth-order valence-electron chi connectivity index (χ4n) is 5.38. The van der Waals surface area contributed by atoms with Crippen molar-refractivity contribution in [2.45, 2.75) is 18.6 Å². The first kappa shape index (κ1) is 33.8. The number of aromatic hydroxyl groups is 1. The van der Waals surface area contributed by atoms with Gasteiger partial charge < -0.3 is 33.9 Å². The third-order valence-electron chi connectivity index (χ3n) is 7.88. The normalized spacial score (nSPS) is 15.1. The lowest BCUT2D eigenvalue weighted by molar-refractivity contribution is -0.0178. The number of phenolic OH excluding ortho intramolecular Hbond substituents is 1. The third-order valence-corrected chi connectivity index (χ3v) is 7.88. The van der Waals surface area contributed by atoms with Crippen LogP contribution in [-0.2, 0) is 16.9 Å². The zero-order valence-electron chi connectivity index (χ0n) is 26.6. The number of ketones is 1. The predicted molar refractivity (Wildman–Crippen MR) is 173 cm³/mol. The number of nitrogens with zero attached hydrogens (tertiary/aromatic N) is 1. The fourth-order valence-corrected chi connectivity index (χ4v) is 5.38. The summed E-state index contributed by atoms with van der Waals surface area (Å²) in [5.74, 6) is 1.29. The summed E-state index contributed by atoms with van der Waals surface area (Å²) < 4.78 is 28.3. The van der Waals surface area contributed by atoms with Gasteiger partial charge in [-0.1, -0.05) is 36.4 Å². The number of hydrogen-bond acceptors (Lipinski definition) is 9. The van der Waals surface area contributed by atoms with E-state index in [4.69, 9.17) is 33.9 Å². The van der Waals surface area contributed by atoms with Crippen LogP contribution >= 0.6 is 0 Å². The molecule has 2 N–H and O–H groups in total. The molecule has 46 heavy (non-hydrogen) atoms. The monoisotopic (exact) mass is 629 g/mol. The molecule has 1 aliphatic rings. The molecular weight excluding hydrogens is 590 g/mol. The van der Waals surface area contributed by atoms with E-state index in [0.717, 1.165) is 23.3 Å². The number of hydrogen-bond donors (Lipinski definition) is 2. The molecule has 5 rings (SSSR count). The molecule has 1 atom stereocenters. The van der Waals surface area contributed by atoms with Gasteiger partial charge in [0.2, 0.25) is 5.75 Å². The SMILES string of the molecule is COc1cc(COCC2(N(C)C)CCOc3ccccc32)cc(OC)c1OC.O=C(O)c1ccccc1C(=O)c1ccc(O)cc1. The first-order valence-electron chi connectivity index (χ1n) is 14.6. The van der Waals surface area contributed by atoms with E-state index >= 15 is 0 Å². The highest BCUT2D eigenvalue weighted by atomic mass is 16.5. The maximum Gasteiger partial charge on any atom is 0.336 e. The summed E-state index contributed by atoms with van der Waals surface area (Å²) in [6, 6.07) is 23.7. The summed E-state index contributed by atoms with van der Waals surface area (Å²) in [6.45, 7) is 1.66. The Labute approximate surface area is 268 Å². The van der Waals surface area contributed by atoms with Gasteiger partial charge >= 0.3 is 5.97 Å². The number of phenols is 1. The highest BCUT2D eigenvalue weighted by molar-refractivity contribution is 6.14. The molecule has 0 fully saturated rings. The Kier molecular flexibility index (Phi) is 11.2. The molecule has 0 saturated heterocycles. The van der Waals surface area contributed by atoms with Crippen molar-refractivity contribution in [3.05, 3.63) is 113 Å². The smallest absolute Gasteiger partial charge is 0.336 e. The molecule has 1 aliphatic heterocycles. The number of methoxy groups -OCH3 is 3. The molecule has 4 aromatic rings. The number of para-hydroxylation sites is 1. The van der Waals surface area contributed by atoms with Crippen molar-refractivity contribution in [3.63, 3.8) is 0 Å². The molecule has 0 bridgehead atoms. The van der Waals surface area contributed by atoms with Gasteiger partial charge in [0.1, 0.15) is 11.5 Å². The molecule has 10 nitrogen and oxygen atoms in total. The maximum atomic E-state index is 12.1. The lowest BCUT2D eigenvalue weighted by atomic mass is 9.84. The van der Waals surface area contributed by atoms with Gasteiger partial charge in [0.15, 0.2) is 17.3 Å². The van der Waals surface area contributed by atoms with Gasteiger partial charge in [-0.2, -0.15) is 0 Å². The molecule has 10 heteroatoms. The molecule has 0 aliphatic carbocycles. The van der Waals surface area contributed by atoms with Crippen molar-refractivity contribution >= 4 is 11.8 Å². The Morgan fingerprint density at radius 3 is 2.04 bits per heavy atom. The van der Waals surface area contributed by atoms with Crippen LogP contribution in [0.4, 0.5) is 0 Å². The molecule has 0 spiro atoms. The molecular formula is C36H39NO9. The Hall–Kier alpha value is -5.06. The van der Waals surface area contributed by atoms with Crippen molar-refractivity contribution in [3.8, 4) is 28.7 Å². The average Bonchev–Trinajstić information content (AvgIpc) is 3.08. The number of benzene rings is 4. The Bertz CT molecular complexity index is 1630. The number of carboxylic acids is 1.